The average molecular weight is 301 g/mol. The van der Waals surface area contributed by atoms with Crippen molar-refractivity contribution < 1.29 is 4.39 Å². The lowest BCUT2D eigenvalue weighted by Gasteiger charge is -2.07. The average Bonchev–Trinajstić information content (AvgIpc) is 2.76. The molecular formula is C16H16FN3S. The van der Waals surface area contributed by atoms with E-state index in [1.165, 1.54) is 16.5 Å². The van der Waals surface area contributed by atoms with E-state index in [1.807, 2.05) is 13.1 Å². The minimum absolute atomic E-state index is 0.217. The number of anilines is 1. The van der Waals surface area contributed by atoms with Crippen molar-refractivity contribution in [3.05, 3.63) is 51.9 Å². The molecule has 3 rings (SSSR count). The van der Waals surface area contributed by atoms with Gasteiger partial charge in [0.1, 0.15) is 22.3 Å². The molecule has 0 saturated carbocycles. The summed E-state index contributed by atoms with van der Waals surface area (Å²) in [5.74, 6) is 1.23. The fraction of sp³-hybridized carbons (Fsp3) is 0.250. The van der Waals surface area contributed by atoms with E-state index in [-0.39, 0.29) is 5.82 Å². The largest absolute Gasteiger partial charge is 0.372 e. The normalized spacial score (nSPS) is 11.0. The standard InChI is InChI=1S/C16H16FN3S/c1-9-10(2)21-16-14(9)15(18-3)19-13(20-16)8-11-6-4-5-7-12(11)17/h4-7H,8H2,1-3H3,(H,18,19,20). The lowest BCUT2D eigenvalue weighted by Crippen LogP contribution is -2.03. The van der Waals surface area contributed by atoms with Crippen molar-refractivity contribution in [2.75, 3.05) is 12.4 Å². The Hall–Kier alpha value is -2.01. The van der Waals surface area contributed by atoms with Gasteiger partial charge in [-0.3, -0.25) is 0 Å². The number of aryl methyl sites for hydroxylation is 2. The van der Waals surface area contributed by atoms with Gasteiger partial charge >= 0.3 is 0 Å². The van der Waals surface area contributed by atoms with Gasteiger partial charge in [0.2, 0.25) is 0 Å². The number of fused-ring (bicyclic) bond motifs is 1. The van der Waals surface area contributed by atoms with Crippen LogP contribution in [0.2, 0.25) is 0 Å². The van der Waals surface area contributed by atoms with Crippen LogP contribution in [0.1, 0.15) is 21.8 Å². The van der Waals surface area contributed by atoms with Gasteiger partial charge in [0.15, 0.2) is 0 Å². The van der Waals surface area contributed by atoms with Gasteiger partial charge in [-0.2, -0.15) is 0 Å². The summed E-state index contributed by atoms with van der Waals surface area (Å²) in [6, 6.07) is 6.75. The van der Waals surface area contributed by atoms with Crippen LogP contribution in [-0.2, 0) is 6.42 Å². The molecule has 108 valence electrons. The van der Waals surface area contributed by atoms with Crippen molar-refractivity contribution in [1.29, 1.82) is 0 Å². The van der Waals surface area contributed by atoms with Crippen LogP contribution in [0.25, 0.3) is 10.2 Å². The maximum atomic E-state index is 13.8. The second-order valence-electron chi connectivity index (χ2n) is 4.97. The molecule has 2 aromatic heterocycles. The number of nitrogens with one attached hydrogen (secondary N) is 1. The smallest absolute Gasteiger partial charge is 0.138 e. The highest BCUT2D eigenvalue weighted by molar-refractivity contribution is 7.18. The molecule has 3 aromatic rings. The summed E-state index contributed by atoms with van der Waals surface area (Å²) in [6.07, 6.45) is 0.396. The molecule has 0 bridgehead atoms. The first-order valence-corrected chi connectivity index (χ1v) is 7.59. The van der Waals surface area contributed by atoms with Gasteiger partial charge in [0.25, 0.3) is 0 Å². The molecule has 0 aliphatic carbocycles. The van der Waals surface area contributed by atoms with Gasteiger partial charge in [-0.1, -0.05) is 18.2 Å². The zero-order chi connectivity index (χ0) is 15.0. The monoisotopic (exact) mass is 301 g/mol. The van der Waals surface area contributed by atoms with Crippen molar-refractivity contribution in [3.8, 4) is 0 Å². The molecule has 0 atom stereocenters. The topological polar surface area (TPSA) is 37.8 Å². The quantitative estimate of drug-likeness (QED) is 0.792. The molecule has 0 radical (unpaired) electrons. The van der Waals surface area contributed by atoms with Crippen LogP contribution in [0.4, 0.5) is 10.2 Å². The minimum Gasteiger partial charge on any atom is -0.372 e. The second-order valence-corrected chi connectivity index (χ2v) is 6.17. The van der Waals surface area contributed by atoms with E-state index in [4.69, 9.17) is 0 Å². The predicted molar refractivity (Wildman–Crippen MR) is 85.6 cm³/mol. The molecule has 0 aliphatic heterocycles. The van der Waals surface area contributed by atoms with Crippen LogP contribution in [-0.4, -0.2) is 17.0 Å². The fourth-order valence-electron chi connectivity index (χ4n) is 2.37. The van der Waals surface area contributed by atoms with Gasteiger partial charge in [0, 0.05) is 18.3 Å². The van der Waals surface area contributed by atoms with Crippen molar-refractivity contribution in [2.45, 2.75) is 20.3 Å². The summed E-state index contributed by atoms with van der Waals surface area (Å²) in [6.45, 7) is 4.16. The number of benzene rings is 1. The number of hydrogen-bond donors (Lipinski definition) is 1. The zero-order valence-corrected chi connectivity index (χ0v) is 13.0. The fourth-order valence-corrected chi connectivity index (χ4v) is 3.41. The van der Waals surface area contributed by atoms with E-state index in [0.717, 1.165) is 16.0 Å². The van der Waals surface area contributed by atoms with Gasteiger partial charge < -0.3 is 5.32 Å². The van der Waals surface area contributed by atoms with Crippen LogP contribution in [0, 0.1) is 19.7 Å². The highest BCUT2D eigenvalue weighted by atomic mass is 32.1. The first-order chi connectivity index (χ1) is 10.1. The number of hydrogen-bond acceptors (Lipinski definition) is 4. The van der Waals surface area contributed by atoms with Gasteiger partial charge in [-0.25, -0.2) is 14.4 Å². The molecular weight excluding hydrogens is 285 g/mol. The molecule has 0 amide bonds. The predicted octanol–water partition coefficient (Wildman–Crippen LogP) is 4.08. The SMILES string of the molecule is CNc1nc(Cc2ccccc2F)nc2sc(C)c(C)c12. The third-order valence-electron chi connectivity index (χ3n) is 3.62. The summed E-state index contributed by atoms with van der Waals surface area (Å²) >= 11 is 1.65. The molecule has 3 nitrogen and oxygen atoms in total. The third kappa shape index (κ3) is 2.49. The van der Waals surface area contributed by atoms with Crippen LogP contribution < -0.4 is 5.32 Å². The highest BCUT2D eigenvalue weighted by Gasteiger charge is 2.14. The number of nitrogens with zero attached hydrogens (tertiary/aromatic N) is 2. The van der Waals surface area contributed by atoms with Gasteiger partial charge in [0.05, 0.1) is 5.39 Å². The maximum absolute atomic E-state index is 13.8. The highest BCUT2D eigenvalue weighted by Crippen LogP contribution is 2.33. The van der Waals surface area contributed by atoms with Crippen LogP contribution in [0.5, 0.6) is 0 Å². The molecule has 1 aromatic carbocycles. The van der Waals surface area contributed by atoms with Crippen molar-refractivity contribution >= 4 is 27.4 Å². The van der Waals surface area contributed by atoms with E-state index in [9.17, 15) is 4.39 Å². The molecule has 2 heterocycles. The molecule has 21 heavy (non-hydrogen) atoms. The van der Waals surface area contributed by atoms with E-state index in [2.05, 4.69) is 29.1 Å². The number of thiophene rings is 1. The van der Waals surface area contributed by atoms with Crippen molar-refractivity contribution in [3.63, 3.8) is 0 Å². The van der Waals surface area contributed by atoms with E-state index >= 15 is 0 Å². The van der Waals surface area contributed by atoms with Crippen LogP contribution >= 0.6 is 11.3 Å². The maximum Gasteiger partial charge on any atom is 0.138 e. The Labute approximate surface area is 126 Å². The Morgan fingerprint density at radius 1 is 1.19 bits per heavy atom. The second kappa shape index (κ2) is 5.41. The van der Waals surface area contributed by atoms with Crippen molar-refractivity contribution in [2.24, 2.45) is 0 Å². The lowest BCUT2D eigenvalue weighted by atomic mass is 10.1. The third-order valence-corrected chi connectivity index (χ3v) is 4.72. The first-order valence-electron chi connectivity index (χ1n) is 6.78. The Bertz CT molecular complexity index is 811. The summed E-state index contributed by atoms with van der Waals surface area (Å²) in [4.78, 5) is 11.3. The number of halogens is 1. The van der Waals surface area contributed by atoms with Crippen molar-refractivity contribution in [1.82, 2.24) is 9.97 Å². The Morgan fingerprint density at radius 3 is 2.67 bits per heavy atom. The van der Waals surface area contributed by atoms with Gasteiger partial charge in [-0.15, -0.1) is 11.3 Å². The molecule has 0 spiro atoms. The molecule has 0 unspecified atom stereocenters. The van der Waals surface area contributed by atoms with E-state index in [0.29, 0.717) is 17.8 Å². The number of rotatable bonds is 3. The molecule has 5 heteroatoms. The van der Waals surface area contributed by atoms with Gasteiger partial charge in [-0.05, 0) is 31.0 Å². The summed E-state index contributed by atoms with van der Waals surface area (Å²) in [5, 5.41) is 4.19. The number of aromatic nitrogens is 2. The minimum atomic E-state index is -0.217. The first kappa shape index (κ1) is 13.9. The van der Waals surface area contributed by atoms with Crippen LogP contribution in [0.15, 0.2) is 24.3 Å². The molecule has 0 fully saturated rings. The Morgan fingerprint density at radius 2 is 1.95 bits per heavy atom. The molecule has 0 saturated heterocycles. The van der Waals surface area contributed by atoms with Crippen LogP contribution in [0.3, 0.4) is 0 Å². The van der Waals surface area contributed by atoms with E-state index in [1.54, 1.807) is 23.5 Å². The van der Waals surface area contributed by atoms with E-state index < -0.39 is 0 Å². The lowest BCUT2D eigenvalue weighted by molar-refractivity contribution is 0.612. The summed E-state index contributed by atoms with van der Waals surface area (Å²) < 4.78 is 13.8. The summed E-state index contributed by atoms with van der Waals surface area (Å²) in [5.41, 5.74) is 1.82. The Balaban J connectivity index is 2.10. The molecule has 0 aliphatic rings. The summed E-state index contributed by atoms with van der Waals surface area (Å²) in [7, 11) is 1.85. The Kier molecular flexibility index (Phi) is 3.59. The zero-order valence-electron chi connectivity index (χ0n) is 12.2. The molecule has 1 N–H and O–H groups in total.